The Labute approximate surface area is 163 Å². The Balaban J connectivity index is 1.66. The molecular weight excluding hydrogens is 358 g/mol. The third kappa shape index (κ3) is 4.62. The molecule has 28 heavy (non-hydrogen) atoms. The molecule has 1 aliphatic rings. The van der Waals surface area contributed by atoms with Crippen LogP contribution in [0, 0.1) is 13.8 Å². The van der Waals surface area contributed by atoms with Crippen molar-refractivity contribution in [3.63, 3.8) is 0 Å². The van der Waals surface area contributed by atoms with E-state index in [0.717, 1.165) is 11.1 Å². The number of carbonyl (C=O) groups is 3. The second-order valence-electron chi connectivity index (χ2n) is 6.53. The summed E-state index contributed by atoms with van der Waals surface area (Å²) in [6.07, 6.45) is 0.330. The van der Waals surface area contributed by atoms with E-state index in [4.69, 9.17) is 4.74 Å². The van der Waals surface area contributed by atoms with Gasteiger partial charge in [0.1, 0.15) is 5.71 Å². The highest BCUT2D eigenvalue weighted by Gasteiger charge is 2.27. The number of aryl methyl sites for hydroxylation is 2. The number of esters is 1. The molecule has 7 nitrogen and oxygen atoms in total. The number of benzene rings is 2. The van der Waals surface area contributed by atoms with Crippen molar-refractivity contribution in [3.05, 3.63) is 59.7 Å². The highest BCUT2D eigenvalue weighted by atomic mass is 16.5. The van der Waals surface area contributed by atoms with Gasteiger partial charge in [0.15, 0.2) is 6.61 Å². The van der Waals surface area contributed by atoms with Crippen LogP contribution in [0.25, 0.3) is 0 Å². The summed E-state index contributed by atoms with van der Waals surface area (Å²) in [4.78, 5) is 36.5. The van der Waals surface area contributed by atoms with Gasteiger partial charge in [-0.05, 0) is 43.2 Å². The molecule has 2 aromatic rings. The van der Waals surface area contributed by atoms with Gasteiger partial charge in [0.25, 0.3) is 5.91 Å². The number of para-hydroxylation sites is 1. The summed E-state index contributed by atoms with van der Waals surface area (Å²) in [5, 5.41) is 8.07. The first-order valence-electron chi connectivity index (χ1n) is 8.94. The monoisotopic (exact) mass is 379 g/mol. The highest BCUT2D eigenvalue weighted by molar-refractivity contribution is 6.38. The first-order valence-corrected chi connectivity index (χ1v) is 8.94. The minimum Gasteiger partial charge on any atom is -0.451 e. The summed E-state index contributed by atoms with van der Waals surface area (Å²) in [7, 11) is 0. The summed E-state index contributed by atoms with van der Waals surface area (Å²) < 4.78 is 5.07. The van der Waals surface area contributed by atoms with E-state index in [9.17, 15) is 14.4 Å². The Morgan fingerprint density at radius 3 is 2.61 bits per heavy atom. The van der Waals surface area contributed by atoms with Gasteiger partial charge < -0.3 is 10.1 Å². The van der Waals surface area contributed by atoms with Gasteiger partial charge in [0.05, 0.1) is 5.69 Å². The van der Waals surface area contributed by atoms with E-state index in [2.05, 4.69) is 10.4 Å². The molecule has 1 N–H and O–H groups in total. The third-order valence-electron chi connectivity index (χ3n) is 4.25. The number of nitrogens with zero attached hydrogens (tertiary/aromatic N) is 2. The van der Waals surface area contributed by atoms with Gasteiger partial charge in [0, 0.05) is 18.5 Å². The molecule has 144 valence electrons. The van der Waals surface area contributed by atoms with Gasteiger partial charge >= 0.3 is 5.97 Å². The van der Waals surface area contributed by atoms with E-state index >= 15 is 0 Å². The minimum atomic E-state index is -0.703. The molecule has 1 aliphatic heterocycles. The van der Waals surface area contributed by atoms with Crippen LogP contribution in [0.1, 0.15) is 24.0 Å². The summed E-state index contributed by atoms with van der Waals surface area (Å²) in [5.74, 6) is -1.34. The fourth-order valence-electron chi connectivity index (χ4n) is 2.77. The zero-order valence-electron chi connectivity index (χ0n) is 15.8. The van der Waals surface area contributed by atoms with Crippen LogP contribution in [0.5, 0.6) is 0 Å². The maximum Gasteiger partial charge on any atom is 0.355 e. The molecule has 0 saturated heterocycles. The molecule has 0 atom stereocenters. The molecule has 0 bridgehead atoms. The number of hydrogen-bond donors (Lipinski definition) is 1. The number of hydrazone groups is 1. The van der Waals surface area contributed by atoms with Crippen LogP contribution in [-0.2, 0) is 19.1 Å². The molecule has 0 fully saturated rings. The molecule has 0 radical (unpaired) electrons. The Hall–Kier alpha value is -3.48. The Kier molecular flexibility index (Phi) is 5.84. The van der Waals surface area contributed by atoms with E-state index in [1.54, 1.807) is 24.3 Å². The molecule has 3 rings (SSSR count). The second kappa shape index (κ2) is 8.47. The number of carbonyl (C=O) groups excluding carboxylic acids is 3. The van der Waals surface area contributed by atoms with Crippen LogP contribution in [0.3, 0.4) is 0 Å². The summed E-state index contributed by atoms with van der Waals surface area (Å²) >= 11 is 0. The first-order chi connectivity index (χ1) is 13.4. The molecular formula is C21H21N3O4. The SMILES string of the molecule is Cc1ccc(C)c(N2N=C(C(=O)OCC(=O)Nc3ccccc3)CCC2=O)c1. The van der Waals surface area contributed by atoms with Gasteiger partial charge in [-0.2, -0.15) is 10.1 Å². The van der Waals surface area contributed by atoms with Gasteiger partial charge in [-0.15, -0.1) is 0 Å². The van der Waals surface area contributed by atoms with E-state index in [1.807, 2.05) is 38.1 Å². The minimum absolute atomic E-state index is 0.119. The Morgan fingerprint density at radius 2 is 1.86 bits per heavy atom. The predicted molar refractivity (Wildman–Crippen MR) is 106 cm³/mol. The molecule has 0 aromatic heterocycles. The van der Waals surface area contributed by atoms with E-state index in [0.29, 0.717) is 11.4 Å². The van der Waals surface area contributed by atoms with Crippen LogP contribution < -0.4 is 10.3 Å². The quantitative estimate of drug-likeness (QED) is 0.809. The molecule has 1 heterocycles. The van der Waals surface area contributed by atoms with Crippen molar-refractivity contribution in [1.82, 2.24) is 0 Å². The van der Waals surface area contributed by atoms with Gasteiger partial charge in [-0.3, -0.25) is 9.59 Å². The molecule has 0 saturated carbocycles. The predicted octanol–water partition coefficient (Wildman–Crippen LogP) is 2.97. The fraction of sp³-hybridized carbons (Fsp3) is 0.238. The largest absolute Gasteiger partial charge is 0.451 e. The zero-order chi connectivity index (χ0) is 20.1. The highest BCUT2D eigenvalue weighted by Crippen LogP contribution is 2.25. The number of amides is 2. The van der Waals surface area contributed by atoms with Crippen molar-refractivity contribution < 1.29 is 19.1 Å². The maximum absolute atomic E-state index is 12.3. The fourth-order valence-corrected chi connectivity index (χ4v) is 2.77. The Morgan fingerprint density at radius 1 is 1.11 bits per heavy atom. The molecule has 0 unspecified atom stereocenters. The topological polar surface area (TPSA) is 88.1 Å². The van der Waals surface area contributed by atoms with Crippen molar-refractivity contribution in [2.45, 2.75) is 26.7 Å². The van der Waals surface area contributed by atoms with E-state index < -0.39 is 18.5 Å². The lowest BCUT2D eigenvalue weighted by Gasteiger charge is -2.24. The van der Waals surface area contributed by atoms with Crippen LogP contribution in [0.15, 0.2) is 53.6 Å². The third-order valence-corrected chi connectivity index (χ3v) is 4.25. The molecule has 0 aliphatic carbocycles. The second-order valence-corrected chi connectivity index (χ2v) is 6.53. The van der Waals surface area contributed by atoms with E-state index in [-0.39, 0.29) is 24.5 Å². The number of hydrogen-bond acceptors (Lipinski definition) is 5. The molecule has 7 heteroatoms. The van der Waals surface area contributed by atoms with Crippen molar-refractivity contribution in [1.29, 1.82) is 0 Å². The molecule has 0 spiro atoms. The smallest absolute Gasteiger partial charge is 0.355 e. The molecule has 2 aromatic carbocycles. The van der Waals surface area contributed by atoms with Crippen LogP contribution in [0.4, 0.5) is 11.4 Å². The number of nitrogens with one attached hydrogen (secondary N) is 1. The summed E-state index contributed by atoms with van der Waals surface area (Å²) in [6, 6.07) is 14.6. The zero-order valence-corrected chi connectivity index (χ0v) is 15.8. The van der Waals surface area contributed by atoms with Crippen LogP contribution in [0.2, 0.25) is 0 Å². The average molecular weight is 379 g/mol. The van der Waals surface area contributed by atoms with Crippen LogP contribution in [-0.4, -0.2) is 30.1 Å². The first kappa shape index (κ1) is 19.3. The number of ether oxygens (including phenoxy) is 1. The number of rotatable bonds is 5. The van der Waals surface area contributed by atoms with Crippen molar-refractivity contribution in [2.24, 2.45) is 5.10 Å². The lowest BCUT2D eigenvalue weighted by atomic mass is 10.1. The lowest BCUT2D eigenvalue weighted by molar-refractivity contribution is -0.140. The standard InChI is InChI=1S/C21H21N3O4/c1-14-8-9-15(2)18(12-14)24-20(26)11-10-17(23-24)21(27)28-13-19(25)22-16-6-4-3-5-7-16/h3-9,12H,10-11,13H2,1-2H3,(H,22,25). The number of anilines is 2. The maximum atomic E-state index is 12.3. The van der Waals surface area contributed by atoms with Gasteiger partial charge in [-0.25, -0.2) is 4.79 Å². The Bertz CT molecular complexity index is 938. The van der Waals surface area contributed by atoms with Gasteiger partial charge in [-0.1, -0.05) is 30.3 Å². The van der Waals surface area contributed by atoms with E-state index in [1.165, 1.54) is 5.01 Å². The average Bonchev–Trinajstić information content (AvgIpc) is 2.69. The van der Waals surface area contributed by atoms with Crippen LogP contribution >= 0.6 is 0 Å². The van der Waals surface area contributed by atoms with Crippen molar-refractivity contribution in [2.75, 3.05) is 16.9 Å². The normalized spacial score (nSPS) is 13.7. The van der Waals surface area contributed by atoms with Gasteiger partial charge in [0.2, 0.25) is 5.91 Å². The lowest BCUT2D eigenvalue weighted by Crippen LogP contribution is -2.36. The molecule has 2 amide bonds. The van der Waals surface area contributed by atoms with Crippen molar-refractivity contribution in [3.8, 4) is 0 Å². The van der Waals surface area contributed by atoms with Crippen molar-refractivity contribution >= 4 is 34.9 Å². The summed E-state index contributed by atoms with van der Waals surface area (Å²) in [6.45, 7) is 3.36. The summed E-state index contributed by atoms with van der Waals surface area (Å²) in [5.41, 5.74) is 3.23.